The summed E-state index contributed by atoms with van der Waals surface area (Å²) in [6, 6.07) is 10.8. The monoisotopic (exact) mass is 377 g/mol. The molecule has 0 radical (unpaired) electrons. The van der Waals surface area contributed by atoms with Gasteiger partial charge in [-0.2, -0.15) is 5.26 Å². The Hall–Kier alpha value is -1.33. The molecule has 0 bridgehead atoms. The Labute approximate surface area is 170 Å². The van der Waals surface area contributed by atoms with Gasteiger partial charge in [0.2, 0.25) is 0 Å². The van der Waals surface area contributed by atoms with Crippen molar-refractivity contribution in [3.05, 3.63) is 35.4 Å². The van der Waals surface area contributed by atoms with Crippen LogP contribution in [0.1, 0.15) is 88.7 Å². The van der Waals surface area contributed by atoms with Crippen molar-refractivity contribution in [1.29, 1.82) is 5.26 Å². The second kappa shape index (κ2) is 6.60. The summed E-state index contributed by atoms with van der Waals surface area (Å²) >= 11 is 0. The summed E-state index contributed by atoms with van der Waals surface area (Å²) in [7, 11) is 0. The number of hydrogen-bond donors (Lipinski definition) is 1. The zero-order valence-corrected chi connectivity index (χ0v) is 17.5. The fourth-order valence-corrected chi connectivity index (χ4v) is 8.45. The summed E-state index contributed by atoms with van der Waals surface area (Å²) in [5, 5.41) is 19.9. The topological polar surface area (TPSA) is 44.0 Å². The molecule has 0 unspecified atom stereocenters. The van der Waals surface area contributed by atoms with Crippen molar-refractivity contribution in [3.63, 3.8) is 0 Å². The molecule has 0 heterocycles. The normalized spacial score (nSPS) is 47.5. The Balaban J connectivity index is 1.39. The third-order valence-corrected chi connectivity index (χ3v) is 9.66. The molecule has 150 valence electrons. The van der Waals surface area contributed by atoms with E-state index in [0.717, 1.165) is 48.0 Å². The number of hydrogen-bond acceptors (Lipinski definition) is 2. The van der Waals surface area contributed by atoms with Gasteiger partial charge in [-0.25, -0.2) is 0 Å². The highest BCUT2D eigenvalue weighted by Gasteiger charge is 2.57. The molecule has 1 aromatic rings. The van der Waals surface area contributed by atoms with Crippen molar-refractivity contribution in [2.24, 2.45) is 35.0 Å². The molecule has 2 nitrogen and oxygen atoms in total. The minimum absolute atomic E-state index is 0.405. The number of nitriles is 1. The smallest absolute Gasteiger partial charge is 0.0991 e. The Morgan fingerprint density at radius 1 is 0.964 bits per heavy atom. The van der Waals surface area contributed by atoms with Gasteiger partial charge < -0.3 is 5.11 Å². The average molecular weight is 378 g/mol. The third kappa shape index (κ3) is 2.85. The Morgan fingerprint density at radius 3 is 2.61 bits per heavy atom. The molecule has 5 rings (SSSR count). The summed E-state index contributed by atoms with van der Waals surface area (Å²) in [6.07, 6.45) is 11.4. The second-order valence-corrected chi connectivity index (χ2v) is 11.1. The highest BCUT2D eigenvalue weighted by molar-refractivity contribution is 5.36. The molecule has 4 aliphatic rings. The molecule has 1 aromatic carbocycles. The molecule has 0 spiro atoms. The lowest BCUT2D eigenvalue weighted by Crippen LogP contribution is -2.50. The maximum absolute atomic E-state index is 10.6. The fourth-order valence-electron chi connectivity index (χ4n) is 8.45. The molecule has 0 aromatic heterocycles. The molecule has 8 atom stereocenters. The van der Waals surface area contributed by atoms with Crippen molar-refractivity contribution in [3.8, 4) is 6.07 Å². The van der Waals surface area contributed by atoms with E-state index < -0.39 is 5.60 Å². The summed E-state index contributed by atoms with van der Waals surface area (Å²) < 4.78 is 0. The predicted molar refractivity (Wildman–Crippen MR) is 112 cm³/mol. The maximum atomic E-state index is 10.6. The fraction of sp³-hybridized carbons (Fsp3) is 0.731. The van der Waals surface area contributed by atoms with Crippen LogP contribution >= 0.6 is 0 Å². The molecule has 2 heteroatoms. The Kier molecular flexibility index (Phi) is 4.40. The Morgan fingerprint density at radius 2 is 1.79 bits per heavy atom. The van der Waals surface area contributed by atoms with Gasteiger partial charge in [-0.1, -0.05) is 19.1 Å². The molecule has 0 amide bonds. The van der Waals surface area contributed by atoms with E-state index in [2.05, 4.69) is 38.1 Å². The predicted octanol–water partition coefficient (Wildman–Crippen LogP) is 6.05. The van der Waals surface area contributed by atoms with Crippen LogP contribution in [0.4, 0.5) is 0 Å². The van der Waals surface area contributed by atoms with E-state index in [9.17, 15) is 10.4 Å². The van der Waals surface area contributed by atoms with E-state index in [1.54, 1.807) is 0 Å². The van der Waals surface area contributed by atoms with Crippen LogP contribution in [0, 0.1) is 46.3 Å². The lowest BCUT2D eigenvalue weighted by Gasteiger charge is -2.57. The van der Waals surface area contributed by atoms with Crippen LogP contribution in [0.25, 0.3) is 0 Å². The van der Waals surface area contributed by atoms with Gasteiger partial charge in [-0.05, 0) is 123 Å². The van der Waals surface area contributed by atoms with Crippen LogP contribution in [0.5, 0.6) is 0 Å². The molecule has 4 aliphatic carbocycles. The van der Waals surface area contributed by atoms with E-state index in [-0.39, 0.29) is 0 Å². The van der Waals surface area contributed by atoms with Gasteiger partial charge in [0.25, 0.3) is 0 Å². The zero-order valence-electron chi connectivity index (χ0n) is 17.5. The molecular formula is C26H35NO. The largest absolute Gasteiger partial charge is 0.390 e. The number of rotatable bonds is 1. The summed E-state index contributed by atoms with van der Waals surface area (Å²) in [5.41, 5.74) is 2.21. The molecular weight excluding hydrogens is 342 g/mol. The van der Waals surface area contributed by atoms with Crippen molar-refractivity contribution in [1.82, 2.24) is 0 Å². The molecule has 0 aliphatic heterocycles. The van der Waals surface area contributed by atoms with Gasteiger partial charge in [0.15, 0.2) is 0 Å². The summed E-state index contributed by atoms with van der Waals surface area (Å²) in [5.74, 6) is 4.90. The number of fused-ring (bicyclic) bond motifs is 5. The minimum Gasteiger partial charge on any atom is -0.390 e. The number of nitrogens with zero attached hydrogens (tertiary/aromatic N) is 1. The van der Waals surface area contributed by atoms with Gasteiger partial charge >= 0.3 is 0 Å². The van der Waals surface area contributed by atoms with Crippen molar-refractivity contribution in [2.45, 2.75) is 83.2 Å². The average Bonchev–Trinajstić information content (AvgIpc) is 3.04. The lowest BCUT2D eigenvalue weighted by molar-refractivity contribution is -0.0958. The first-order valence-electron chi connectivity index (χ1n) is 11.6. The molecule has 4 fully saturated rings. The molecule has 0 saturated heterocycles. The maximum Gasteiger partial charge on any atom is 0.0991 e. The SMILES string of the molecule is C[C@@]1(O)CC[C@H]2[C@H](CC[C@@H]3[C@@H]2CC[C@]2(C)[C@@H](c4cccc(C#N)c4)CC[C@@H]32)C1. The first kappa shape index (κ1) is 18.7. The van der Waals surface area contributed by atoms with Crippen LogP contribution in [-0.4, -0.2) is 10.7 Å². The van der Waals surface area contributed by atoms with Gasteiger partial charge in [0.1, 0.15) is 0 Å². The van der Waals surface area contributed by atoms with Gasteiger partial charge in [0.05, 0.1) is 17.2 Å². The van der Waals surface area contributed by atoms with Crippen molar-refractivity contribution >= 4 is 0 Å². The third-order valence-electron chi connectivity index (χ3n) is 9.66. The van der Waals surface area contributed by atoms with E-state index in [1.165, 1.54) is 50.5 Å². The van der Waals surface area contributed by atoms with E-state index >= 15 is 0 Å². The van der Waals surface area contributed by atoms with Crippen LogP contribution in [0.2, 0.25) is 0 Å². The number of aliphatic hydroxyl groups is 1. The van der Waals surface area contributed by atoms with Gasteiger partial charge in [-0.3, -0.25) is 0 Å². The van der Waals surface area contributed by atoms with E-state index in [4.69, 9.17) is 0 Å². The first-order chi connectivity index (χ1) is 13.4. The van der Waals surface area contributed by atoms with Crippen LogP contribution < -0.4 is 0 Å². The van der Waals surface area contributed by atoms with Crippen LogP contribution in [0.3, 0.4) is 0 Å². The summed E-state index contributed by atoms with van der Waals surface area (Å²) in [6.45, 7) is 4.63. The number of benzene rings is 1. The van der Waals surface area contributed by atoms with Crippen molar-refractivity contribution < 1.29 is 5.11 Å². The van der Waals surface area contributed by atoms with Crippen molar-refractivity contribution in [2.75, 3.05) is 0 Å². The molecule has 4 saturated carbocycles. The summed E-state index contributed by atoms with van der Waals surface area (Å²) in [4.78, 5) is 0. The highest BCUT2D eigenvalue weighted by Crippen LogP contribution is 2.66. The molecule has 28 heavy (non-hydrogen) atoms. The van der Waals surface area contributed by atoms with Crippen LogP contribution in [-0.2, 0) is 0 Å². The minimum atomic E-state index is -0.415. The highest BCUT2D eigenvalue weighted by atomic mass is 16.3. The Bertz CT molecular complexity index is 792. The van der Waals surface area contributed by atoms with E-state index in [0.29, 0.717) is 11.3 Å². The van der Waals surface area contributed by atoms with Crippen LogP contribution in [0.15, 0.2) is 24.3 Å². The standard InChI is InChI=1S/C26H35NO/c1-25(28)12-10-20-19(15-25)6-7-22-21(20)11-13-26(2)23(8-9-24(22)26)18-5-3-4-17(14-18)16-27/h3-5,14,19-24,28H,6-13,15H2,1-2H3/t19-,20+,21-,22-,23-,24+,25-,26-/m1/s1. The van der Waals surface area contributed by atoms with Gasteiger partial charge in [-0.15, -0.1) is 0 Å². The lowest BCUT2D eigenvalue weighted by atomic mass is 9.49. The van der Waals surface area contributed by atoms with E-state index in [1.807, 2.05) is 6.07 Å². The first-order valence-corrected chi connectivity index (χ1v) is 11.6. The molecule has 1 N–H and O–H groups in total. The second-order valence-electron chi connectivity index (χ2n) is 11.1. The quantitative estimate of drug-likeness (QED) is 0.648. The van der Waals surface area contributed by atoms with Gasteiger partial charge in [0, 0.05) is 0 Å². The zero-order chi connectivity index (χ0) is 19.5.